The van der Waals surface area contributed by atoms with Crippen LogP contribution in [0.3, 0.4) is 0 Å². The maximum Gasteiger partial charge on any atom is 0.166 e. The molecule has 0 aliphatic carbocycles. The molecule has 3 aromatic carbocycles. The van der Waals surface area contributed by atoms with Crippen molar-refractivity contribution in [1.29, 1.82) is 0 Å². The molecular formula is C18H9B2NO. The van der Waals surface area contributed by atoms with E-state index in [9.17, 15) is 0 Å². The third kappa shape index (κ3) is 1.32. The Bertz CT molecular complexity index is 1200. The van der Waals surface area contributed by atoms with Crippen LogP contribution < -0.4 is 11.1 Å². The first-order valence-corrected chi connectivity index (χ1v) is 7.14. The van der Waals surface area contributed by atoms with Crippen LogP contribution in [0.2, 0.25) is 0 Å². The lowest BCUT2D eigenvalue weighted by Crippen LogP contribution is -2.21. The maximum atomic E-state index is 6.16. The van der Waals surface area contributed by atoms with Gasteiger partial charge in [0.2, 0.25) is 0 Å². The van der Waals surface area contributed by atoms with E-state index in [-0.39, 0.29) is 5.66 Å². The highest BCUT2D eigenvalue weighted by Gasteiger charge is 2.17. The highest BCUT2D eigenvalue weighted by molar-refractivity contribution is 6.54. The van der Waals surface area contributed by atoms with Gasteiger partial charge in [-0.2, -0.15) is 0 Å². The predicted molar refractivity (Wildman–Crippen MR) is 93.9 cm³/mol. The molecule has 0 aliphatic rings. The van der Waals surface area contributed by atoms with E-state index in [1.807, 2.05) is 24.3 Å². The number of H-pyrrole nitrogens is 1. The maximum absolute atomic E-state index is 6.16. The van der Waals surface area contributed by atoms with E-state index in [4.69, 9.17) is 20.1 Å². The second-order valence-electron chi connectivity index (χ2n) is 5.55. The van der Waals surface area contributed by atoms with Crippen LogP contribution in [0, 0.1) is 0 Å². The molecule has 0 fully saturated rings. The van der Waals surface area contributed by atoms with Crippen LogP contribution in [0.15, 0.2) is 52.9 Å². The molecule has 5 rings (SSSR count). The van der Waals surface area contributed by atoms with Crippen molar-refractivity contribution in [3.05, 3.63) is 48.5 Å². The van der Waals surface area contributed by atoms with Gasteiger partial charge in [0.1, 0.15) is 7.85 Å². The number of para-hydroxylation sites is 1. The molecule has 0 saturated heterocycles. The smallest absolute Gasteiger partial charge is 0.166 e. The van der Waals surface area contributed by atoms with E-state index in [2.05, 4.69) is 29.2 Å². The van der Waals surface area contributed by atoms with Gasteiger partial charge in [0.15, 0.2) is 13.4 Å². The van der Waals surface area contributed by atoms with Crippen molar-refractivity contribution in [2.45, 2.75) is 0 Å². The monoisotopic (exact) mass is 277 g/mol. The van der Waals surface area contributed by atoms with Crippen LogP contribution in [0.4, 0.5) is 0 Å². The van der Waals surface area contributed by atoms with Gasteiger partial charge in [-0.15, -0.1) is 0 Å². The Hall–Kier alpha value is -2.61. The van der Waals surface area contributed by atoms with Crippen molar-refractivity contribution >= 4 is 70.4 Å². The normalized spacial score (nSPS) is 12.0. The predicted octanol–water partition coefficient (Wildman–Crippen LogP) is 2.81. The van der Waals surface area contributed by atoms with Gasteiger partial charge >= 0.3 is 0 Å². The lowest BCUT2D eigenvalue weighted by Gasteiger charge is -2.03. The van der Waals surface area contributed by atoms with Crippen LogP contribution in [-0.2, 0) is 0 Å². The Balaban J connectivity index is 2.25. The van der Waals surface area contributed by atoms with E-state index < -0.39 is 0 Å². The fraction of sp³-hybridized carbons (Fsp3) is 0. The molecule has 98 valence electrons. The van der Waals surface area contributed by atoms with Crippen molar-refractivity contribution in [3.8, 4) is 0 Å². The van der Waals surface area contributed by atoms with Crippen molar-refractivity contribution < 1.29 is 4.42 Å². The topological polar surface area (TPSA) is 28.9 Å². The highest BCUT2D eigenvalue weighted by atomic mass is 16.3. The Kier molecular flexibility index (Phi) is 2.17. The number of aromatic nitrogens is 1. The number of nitrogens with one attached hydrogen (secondary N) is 1. The molecule has 0 unspecified atom stereocenters. The molecule has 5 aromatic rings. The molecule has 0 bridgehead atoms. The molecule has 1 N–H and O–H groups in total. The van der Waals surface area contributed by atoms with Crippen LogP contribution in [0.1, 0.15) is 0 Å². The van der Waals surface area contributed by atoms with E-state index in [1.165, 1.54) is 5.39 Å². The average molecular weight is 277 g/mol. The van der Waals surface area contributed by atoms with Gasteiger partial charge in [0.25, 0.3) is 0 Å². The third-order valence-electron chi connectivity index (χ3n) is 4.37. The first-order valence-electron chi connectivity index (χ1n) is 7.14. The Morgan fingerprint density at radius 1 is 0.773 bits per heavy atom. The summed E-state index contributed by atoms with van der Waals surface area (Å²) in [6.07, 6.45) is 0. The van der Waals surface area contributed by atoms with Gasteiger partial charge in [0, 0.05) is 27.3 Å². The minimum absolute atomic E-state index is 0.270. The molecule has 2 heterocycles. The summed E-state index contributed by atoms with van der Waals surface area (Å²) in [5, 5.41) is 5.41. The van der Waals surface area contributed by atoms with E-state index in [1.54, 1.807) is 0 Å². The SMILES string of the molecule is [B]c1oc2c3[nH]c4ccccc4c3c3ccccc3c2c1[B]. The van der Waals surface area contributed by atoms with Crippen molar-refractivity contribution in [3.63, 3.8) is 0 Å². The fourth-order valence-electron chi connectivity index (χ4n) is 3.42. The molecule has 4 radical (unpaired) electrons. The molecule has 4 heteroatoms. The van der Waals surface area contributed by atoms with E-state index in [0.29, 0.717) is 5.46 Å². The summed E-state index contributed by atoms with van der Waals surface area (Å²) in [4.78, 5) is 3.45. The minimum atomic E-state index is 0.270. The number of fused-ring (bicyclic) bond motifs is 8. The second-order valence-corrected chi connectivity index (χ2v) is 5.55. The summed E-state index contributed by atoms with van der Waals surface area (Å²) in [5.74, 6) is 0. The summed E-state index contributed by atoms with van der Waals surface area (Å²) in [5.41, 5.74) is 3.51. The molecule has 22 heavy (non-hydrogen) atoms. The largest absolute Gasteiger partial charge is 0.471 e. The number of aromatic amines is 1. The van der Waals surface area contributed by atoms with Crippen molar-refractivity contribution in [1.82, 2.24) is 4.98 Å². The summed E-state index contributed by atoms with van der Waals surface area (Å²) in [6.45, 7) is 0. The molecule has 0 amide bonds. The van der Waals surface area contributed by atoms with Crippen LogP contribution in [-0.4, -0.2) is 20.7 Å². The summed E-state index contributed by atoms with van der Waals surface area (Å²) in [6, 6.07) is 16.4. The highest BCUT2D eigenvalue weighted by Crippen LogP contribution is 2.37. The molecule has 0 spiro atoms. The number of furan rings is 1. The number of rotatable bonds is 0. The van der Waals surface area contributed by atoms with Gasteiger partial charge in [-0.05, 0) is 16.8 Å². The molecule has 0 aliphatic heterocycles. The first-order chi connectivity index (χ1) is 10.8. The molecule has 0 atom stereocenters. The Morgan fingerprint density at radius 2 is 1.41 bits per heavy atom. The Morgan fingerprint density at radius 3 is 2.18 bits per heavy atom. The van der Waals surface area contributed by atoms with Gasteiger partial charge in [-0.3, -0.25) is 0 Å². The fourth-order valence-corrected chi connectivity index (χ4v) is 3.42. The quantitative estimate of drug-likeness (QED) is 0.433. The zero-order chi connectivity index (χ0) is 14.8. The zero-order valence-corrected chi connectivity index (χ0v) is 11.7. The van der Waals surface area contributed by atoms with Gasteiger partial charge in [0.05, 0.1) is 5.52 Å². The van der Waals surface area contributed by atoms with Crippen LogP contribution >= 0.6 is 0 Å². The van der Waals surface area contributed by atoms with E-state index >= 15 is 0 Å². The number of hydrogen-bond donors (Lipinski definition) is 1. The standard InChI is InChI=1S/C18H9B2NO/c19-15-14-10-6-2-1-5-9(10)13-11-7-3-4-8-12(11)21-16(13)17(14)22-18(15)20/h1-8,21H. The zero-order valence-electron chi connectivity index (χ0n) is 11.7. The average Bonchev–Trinajstić information content (AvgIpc) is 3.07. The van der Waals surface area contributed by atoms with E-state index in [0.717, 1.165) is 38.2 Å². The molecule has 0 saturated carbocycles. The minimum Gasteiger partial charge on any atom is -0.471 e. The van der Waals surface area contributed by atoms with Crippen LogP contribution in [0.5, 0.6) is 0 Å². The molecular weight excluding hydrogens is 268 g/mol. The lowest BCUT2D eigenvalue weighted by atomic mass is 9.84. The van der Waals surface area contributed by atoms with Gasteiger partial charge in [-0.25, -0.2) is 0 Å². The molecule has 2 nitrogen and oxygen atoms in total. The number of benzene rings is 3. The van der Waals surface area contributed by atoms with Gasteiger partial charge < -0.3 is 9.40 Å². The Labute approximate surface area is 128 Å². The van der Waals surface area contributed by atoms with Crippen molar-refractivity contribution in [2.75, 3.05) is 0 Å². The molecule has 2 aromatic heterocycles. The first kappa shape index (κ1) is 12.0. The summed E-state index contributed by atoms with van der Waals surface area (Å²) < 4.78 is 5.77. The summed E-state index contributed by atoms with van der Waals surface area (Å²) in [7, 11) is 12.1. The van der Waals surface area contributed by atoms with Crippen LogP contribution in [0.25, 0.3) is 43.5 Å². The lowest BCUT2D eigenvalue weighted by molar-refractivity contribution is 0.658. The number of hydrogen-bond acceptors (Lipinski definition) is 1. The summed E-state index contributed by atoms with van der Waals surface area (Å²) >= 11 is 0. The third-order valence-corrected chi connectivity index (χ3v) is 4.37. The second kappa shape index (κ2) is 3.98. The van der Waals surface area contributed by atoms with Crippen molar-refractivity contribution in [2.24, 2.45) is 0 Å². The van der Waals surface area contributed by atoms with Gasteiger partial charge in [-0.1, -0.05) is 47.9 Å².